The standard InChI is InChI=1S/C12H17N5O5/c13-11-8-12(15-3-14-11)17(4-16-8)7-1-5(19)9(20)10(21)6(2-18)22-7/h3-7,9-10,18-21H,1-2H2,(H2,13,14,15)/t5-,6?,7-,9?,10-/m1/s1. The molecular weight excluding hydrogens is 294 g/mol. The summed E-state index contributed by atoms with van der Waals surface area (Å²) in [6, 6.07) is 0. The summed E-state index contributed by atoms with van der Waals surface area (Å²) in [4.78, 5) is 12.0. The number of nitrogen functional groups attached to an aromatic ring is 1. The van der Waals surface area contributed by atoms with Gasteiger partial charge in [0.2, 0.25) is 0 Å². The number of aliphatic hydroxyl groups excluding tert-OH is 4. The van der Waals surface area contributed by atoms with E-state index in [2.05, 4.69) is 15.0 Å². The van der Waals surface area contributed by atoms with Crippen LogP contribution in [-0.4, -0.2) is 71.0 Å². The van der Waals surface area contributed by atoms with Gasteiger partial charge in [-0.15, -0.1) is 0 Å². The Labute approximate surface area is 124 Å². The van der Waals surface area contributed by atoms with Gasteiger partial charge in [-0.05, 0) is 0 Å². The first-order valence-corrected chi connectivity index (χ1v) is 6.76. The maximum Gasteiger partial charge on any atom is 0.167 e. The molecule has 0 amide bonds. The van der Waals surface area contributed by atoms with Gasteiger partial charge in [0, 0.05) is 6.42 Å². The molecule has 0 radical (unpaired) electrons. The van der Waals surface area contributed by atoms with Crippen molar-refractivity contribution in [1.82, 2.24) is 19.5 Å². The van der Waals surface area contributed by atoms with Gasteiger partial charge in [-0.1, -0.05) is 0 Å². The van der Waals surface area contributed by atoms with E-state index in [4.69, 9.17) is 10.5 Å². The summed E-state index contributed by atoms with van der Waals surface area (Å²) >= 11 is 0. The molecule has 0 saturated carbocycles. The predicted octanol–water partition coefficient (Wildman–Crippen LogP) is -2.23. The van der Waals surface area contributed by atoms with Crippen LogP contribution in [0.5, 0.6) is 0 Å². The summed E-state index contributed by atoms with van der Waals surface area (Å²) in [5.41, 5.74) is 6.49. The molecule has 0 bridgehead atoms. The van der Waals surface area contributed by atoms with E-state index in [-0.39, 0.29) is 12.2 Å². The van der Waals surface area contributed by atoms with Crippen LogP contribution in [-0.2, 0) is 4.74 Å². The number of ether oxygens (including phenoxy) is 1. The zero-order valence-corrected chi connectivity index (χ0v) is 11.5. The van der Waals surface area contributed by atoms with Crippen LogP contribution in [0, 0.1) is 0 Å². The topological polar surface area (TPSA) is 160 Å². The molecule has 1 saturated heterocycles. The molecule has 0 aliphatic carbocycles. The van der Waals surface area contributed by atoms with E-state index in [9.17, 15) is 20.4 Å². The lowest BCUT2D eigenvalue weighted by molar-refractivity contribution is -0.130. The third-order valence-electron chi connectivity index (χ3n) is 3.78. The number of imidazole rings is 1. The quantitative estimate of drug-likeness (QED) is 0.413. The third-order valence-corrected chi connectivity index (χ3v) is 3.78. The van der Waals surface area contributed by atoms with Crippen LogP contribution in [0.15, 0.2) is 12.7 Å². The molecule has 0 aromatic carbocycles. The fraction of sp³-hybridized carbons (Fsp3) is 0.583. The lowest BCUT2D eigenvalue weighted by Gasteiger charge is -2.24. The van der Waals surface area contributed by atoms with E-state index in [1.807, 2.05) is 0 Å². The van der Waals surface area contributed by atoms with E-state index in [1.165, 1.54) is 17.2 Å². The van der Waals surface area contributed by atoms with Crippen LogP contribution < -0.4 is 5.73 Å². The van der Waals surface area contributed by atoms with Crippen molar-refractivity contribution < 1.29 is 25.2 Å². The Balaban J connectivity index is 2.00. The molecule has 1 fully saturated rings. The number of rotatable bonds is 2. The second kappa shape index (κ2) is 5.74. The lowest BCUT2D eigenvalue weighted by Crippen LogP contribution is -2.44. The van der Waals surface area contributed by atoms with E-state index < -0.39 is 37.3 Å². The van der Waals surface area contributed by atoms with Gasteiger partial charge in [0.15, 0.2) is 11.5 Å². The van der Waals surface area contributed by atoms with Gasteiger partial charge in [-0.3, -0.25) is 4.57 Å². The van der Waals surface area contributed by atoms with Gasteiger partial charge >= 0.3 is 0 Å². The molecule has 1 aliphatic heterocycles. The summed E-state index contributed by atoms with van der Waals surface area (Å²) in [7, 11) is 0. The maximum atomic E-state index is 9.97. The first-order chi connectivity index (χ1) is 10.5. The largest absolute Gasteiger partial charge is 0.394 e. The summed E-state index contributed by atoms with van der Waals surface area (Å²) in [5.74, 6) is 0.205. The number of hydrogen-bond acceptors (Lipinski definition) is 9. The van der Waals surface area contributed by atoms with Crippen molar-refractivity contribution in [2.24, 2.45) is 0 Å². The molecule has 6 N–H and O–H groups in total. The van der Waals surface area contributed by atoms with Crippen molar-refractivity contribution in [1.29, 1.82) is 0 Å². The Bertz CT molecular complexity index is 664. The number of nitrogens with two attached hydrogens (primary N) is 1. The highest BCUT2D eigenvalue weighted by atomic mass is 16.5. The van der Waals surface area contributed by atoms with Gasteiger partial charge in [0.1, 0.15) is 36.4 Å². The van der Waals surface area contributed by atoms with Crippen molar-refractivity contribution >= 4 is 17.0 Å². The molecular formula is C12H17N5O5. The maximum absolute atomic E-state index is 9.97. The monoisotopic (exact) mass is 311 g/mol. The van der Waals surface area contributed by atoms with Crippen molar-refractivity contribution in [3.63, 3.8) is 0 Å². The third kappa shape index (κ3) is 2.40. The molecule has 0 spiro atoms. The Morgan fingerprint density at radius 2 is 2.00 bits per heavy atom. The van der Waals surface area contributed by atoms with Crippen molar-refractivity contribution in [2.45, 2.75) is 37.1 Å². The summed E-state index contributed by atoms with van der Waals surface area (Å²) in [5, 5.41) is 39.0. The number of fused-ring (bicyclic) bond motifs is 1. The lowest BCUT2D eigenvalue weighted by atomic mass is 10.0. The second-order valence-corrected chi connectivity index (χ2v) is 5.18. The Morgan fingerprint density at radius 1 is 1.23 bits per heavy atom. The van der Waals surface area contributed by atoms with Crippen LogP contribution in [0.3, 0.4) is 0 Å². The summed E-state index contributed by atoms with van der Waals surface area (Å²) in [6.07, 6.45) is -3.19. The van der Waals surface area contributed by atoms with Crippen LogP contribution in [0.1, 0.15) is 12.6 Å². The summed E-state index contributed by atoms with van der Waals surface area (Å²) in [6.45, 7) is -0.509. The Kier molecular flexibility index (Phi) is 3.93. The fourth-order valence-electron chi connectivity index (χ4n) is 2.54. The molecule has 5 atom stereocenters. The van der Waals surface area contributed by atoms with Gasteiger partial charge in [0.05, 0.1) is 19.0 Å². The molecule has 3 heterocycles. The minimum atomic E-state index is -1.42. The average molecular weight is 311 g/mol. The molecule has 10 heteroatoms. The molecule has 120 valence electrons. The molecule has 2 aromatic heterocycles. The number of hydrogen-bond donors (Lipinski definition) is 5. The van der Waals surface area contributed by atoms with Crippen molar-refractivity contribution in [3.8, 4) is 0 Å². The van der Waals surface area contributed by atoms with Crippen molar-refractivity contribution in [3.05, 3.63) is 12.7 Å². The first kappa shape index (κ1) is 15.1. The van der Waals surface area contributed by atoms with Gasteiger partial charge in [-0.25, -0.2) is 15.0 Å². The highest BCUT2D eigenvalue weighted by Crippen LogP contribution is 2.29. The van der Waals surface area contributed by atoms with Crippen LogP contribution in [0.4, 0.5) is 5.82 Å². The van der Waals surface area contributed by atoms with E-state index in [0.717, 1.165) is 0 Å². The van der Waals surface area contributed by atoms with Crippen molar-refractivity contribution in [2.75, 3.05) is 12.3 Å². The second-order valence-electron chi connectivity index (χ2n) is 5.18. The summed E-state index contributed by atoms with van der Waals surface area (Å²) < 4.78 is 7.13. The molecule has 3 rings (SSSR count). The average Bonchev–Trinajstić information content (AvgIpc) is 2.91. The fourth-order valence-corrected chi connectivity index (χ4v) is 2.54. The SMILES string of the molecule is Nc1ncnc2c1ncn2[C@H]1C[C@@H](O)C(O)[C@H](O)C(CO)O1. The molecule has 10 nitrogen and oxygen atoms in total. The smallest absolute Gasteiger partial charge is 0.167 e. The van der Waals surface area contributed by atoms with Gasteiger partial charge < -0.3 is 30.9 Å². The predicted molar refractivity (Wildman–Crippen MR) is 73.4 cm³/mol. The number of nitrogens with zero attached hydrogens (tertiary/aromatic N) is 4. The zero-order chi connectivity index (χ0) is 15.9. The molecule has 2 aromatic rings. The zero-order valence-electron chi connectivity index (χ0n) is 11.5. The molecule has 22 heavy (non-hydrogen) atoms. The van der Waals surface area contributed by atoms with Crippen LogP contribution in [0.2, 0.25) is 0 Å². The normalized spacial score (nSPS) is 33.0. The number of aromatic nitrogens is 4. The van der Waals surface area contributed by atoms with E-state index >= 15 is 0 Å². The first-order valence-electron chi connectivity index (χ1n) is 6.76. The van der Waals surface area contributed by atoms with Crippen LogP contribution in [0.25, 0.3) is 11.2 Å². The molecule has 1 aliphatic rings. The Hall–Kier alpha value is -1.85. The highest BCUT2D eigenvalue weighted by molar-refractivity contribution is 5.81. The van der Waals surface area contributed by atoms with Crippen LogP contribution >= 0.6 is 0 Å². The Morgan fingerprint density at radius 3 is 2.73 bits per heavy atom. The number of anilines is 1. The highest BCUT2D eigenvalue weighted by Gasteiger charge is 2.39. The minimum Gasteiger partial charge on any atom is -0.394 e. The van der Waals surface area contributed by atoms with Gasteiger partial charge in [-0.2, -0.15) is 0 Å². The minimum absolute atomic E-state index is 0.00983. The molecule has 2 unspecified atom stereocenters. The number of aliphatic hydroxyl groups is 4. The van der Waals surface area contributed by atoms with E-state index in [0.29, 0.717) is 11.2 Å². The van der Waals surface area contributed by atoms with E-state index in [1.54, 1.807) is 0 Å². The van der Waals surface area contributed by atoms with Gasteiger partial charge in [0.25, 0.3) is 0 Å².